The molecular formula is C19H28N4O2S. The molecule has 142 valence electrons. The Morgan fingerprint density at radius 3 is 2.92 bits per heavy atom. The van der Waals surface area contributed by atoms with Crippen LogP contribution >= 0.6 is 11.3 Å². The van der Waals surface area contributed by atoms with Crippen molar-refractivity contribution in [2.24, 2.45) is 4.99 Å². The highest BCUT2D eigenvalue weighted by Crippen LogP contribution is 2.17. The van der Waals surface area contributed by atoms with Crippen LogP contribution in [0.4, 0.5) is 5.69 Å². The van der Waals surface area contributed by atoms with E-state index in [1.165, 1.54) is 5.01 Å². The predicted molar refractivity (Wildman–Crippen MR) is 109 cm³/mol. The smallest absolute Gasteiger partial charge is 0.195 e. The van der Waals surface area contributed by atoms with Gasteiger partial charge in [0, 0.05) is 57.3 Å². The number of nitrogens with one attached hydrogen (secondary N) is 2. The highest BCUT2D eigenvalue weighted by atomic mass is 32.1. The second-order valence-electron chi connectivity index (χ2n) is 5.68. The number of ether oxygens (including phenoxy) is 2. The van der Waals surface area contributed by atoms with Crippen molar-refractivity contribution in [3.05, 3.63) is 40.3 Å². The maximum Gasteiger partial charge on any atom is 0.195 e. The van der Waals surface area contributed by atoms with Gasteiger partial charge in [0.25, 0.3) is 0 Å². The molecule has 1 aromatic carbocycles. The summed E-state index contributed by atoms with van der Waals surface area (Å²) in [5.74, 6) is 1.56. The Bertz CT molecular complexity index is 688. The fourth-order valence-electron chi connectivity index (χ4n) is 2.31. The van der Waals surface area contributed by atoms with Crippen LogP contribution in [0.25, 0.3) is 0 Å². The minimum atomic E-state index is 0.637. The molecule has 0 saturated heterocycles. The lowest BCUT2D eigenvalue weighted by atomic mass is 10.3. The zero-order valence-corrected chi connectivity index (χ0v) is 16.6. The van der Waals surface area contributed by atoms with Gasteiger partial charge in [-0.25, -0.2) is 4.98 Å². The van der Waals surface area contributed by atoms with Gasteiger partial charge in [-0.15, -0.1) is 11.3 Å². The van der Waals surface area contributed by atoms with Crippen LogP contribution in [-0.4, -0.2) is 44.9 Å². The molecule has 0 saturated carbocycles. The summed E-state index contributed by atoms with van der Waals surface area (Å²) >= 11 is 1.72. The number of aromatic nitrogens is 1. The third kappa shape index (κ3) is 7.01. The van der Waals surface area contributed by atoms with Crippen molar-refractivity contribution in [1.82, 2.24) is 10.3 Å². The molecule has 0 spiro atoms. The summed E-state index contributed by atoms with van der Waals surface area (Å²) in [7, 11) is 3.46. The molecule has 1 heterocycles. The van der Waals surface area contributed by atoms with Crippen LogP contribution in [0.5, 0.6) is 5.75 Å². The third-order valence-corrected chi connectivity index (χ3v) is 4.70. The van der Waals surface area contributed by atoms with Gasteiger partial charge in [-0.1, -0.05) is 13.0 Å². The van der Waals surface area contributed by atoms with E-state index in [-0.39, 0.29) is 0 Å². The normalized spacial score (nSPS) is 11.4. The van der Waals surface area contributed by atoms with Crippen molar-refractivity contribution >= 4 is 23.0 Å². The van der Waals surface area contributed by atoms with Crippen molar-refractivity contribution in [1.29, 1.82) is 0 Å². The molecule has 6 nitrogen and oxygen atoms in total. The number of thiazole rings is 1. The number of guanidine groups is 1. The van der Waals surface area contributed by atoms with E-state index in [4.69, 9.17) is 9.47 Å². The fourth-order valence-corrected chi connectivity index (χ4v) is 3.09. The Labute approximate surface area is 159 Å². The molecule has 0 aliphatic rings. The highest BCUT2D eigenvalue weighted by Gasteiger charge is 2.03. The molecule has 0 atom stereocenters. The number of nitrogens with zero attached hydrogens (tertiary/aromatic N) is 2. The van der Waals surface area contributed by atoms with Crippen molar-refractivity contribution in [2.45, 2.75) is 26.2 Å². The quantitative estimate of drug-likeness (QED) is 0.378. The predicted octanol–water partition coefficient (Wildman–Crippen LogP) is 3.35. The lowest BCUT2D eigenvalue weighted by Gasteiger charge is -2.13. The van der Waals surface area contributed by atoms with Crippen molar-refractivity contribution in [2.75, 3.05) is 39.2 Å². The molecule has 26 heavy (non-hydrogen) atoms. The summed E-state index contributed by atoms with van der Waals surface area (Å²) in [6.07, 6.45) is 2.73. The molecule has 2 rings (SSSR count). The number of aliphatic imine (C=N–C) groups is 1. The summed E-state index contributed by atoms with van der Waals surface area (Å²) in [5.41, 5.74) is 2.06. The molecule has 0 aliphatic carbocycles. The summed E-state index contributed by atoms with van der Waals surface area (Å²) in [6, 6.07) is 7.86. The molecule has 0 radical (unpaired) electrons. The SMILES string of the molecule is CCc1nc(CCNC(=NC)Nc2cccc(OCCCOC)c2)cs1. The molecular weight excluding hydrogens is 348 g/mol. The van der Waals surface area contributed by atoms with Gasteiger partial charge in [0.05, 0.1) is 17.3 Å². The lowest BCUT2D eigenvalue weighted by molar-refractivity contribution is 0.172. The minimum absolute atomic E-state index is 0.637. The number of anilines is 1. The van der Waals surface area contributed by atoms with Crippen LogP contribution in [-0.2, 0) is 17.6 Å². The van der Waals surface area contributed by atoms with Gasteiger partial charge in [-0.3, -0.25) is 4.99 Å². The van der Waals surface area contributed by atoms with E-state index >= 15 is 0 Å². The average Bonchev–Trinajstić information content (AvgIpc) is 3.13. The largest absolute Gasteiger partial charge is 0.493 e. The zero-order valence-electron chi connectivity index (χ0n) is 15.7. The lowest BCUT2D eigenvalue weighted by Crippen LogP contribution is -2.32. The second-order valence-corrected chi connectivity index (χ2v) is 6.63. The van der Waals surface area contributed by atoms with Gasteiger partial charge < -0.3 is 20.1 Å². The summed E-state index contributed by atoms with van der Waals surface area (Å²) < 4.78 is 10.8. The molecule has 0 amide bonds. The molecule has 2 aromatic rings. The van der Waals surface area contributed by atoms with Crippen LogP contribution in [0.2, 0.25) is 0 Å². The number of rotatable bonds is 10. The number of methoxy groups -OCH3 is 1. The maximum atomic E-state index is 5.73. The van der Waals surface area contributed by atoms with E-state index in [9.17, 15) is 0 Å². The van der Waals surface area contributed by atoms with Crippen LogP contribution in [0.15, 0.2) is 34.6 Å². The Hall–Kier alpha value is -2.12. The first kappa shape index (κ1) is 20.2. The Kier molecular flexibility index (Phi) is 8.92. The van der Waals surface area contributed by atoms with Crippen molar-refractivity contribution < 1.29 is 9.47 Å². The number of hydrogen-bond acceptors (Lipinski definition) is 5. The van der Waals surface area contributed by atoms with Gasteiger partial charge in [0.2, 0.25) is 0 Å². The van der Waals surface area contributed by atoms with Gasteiger partial charge >= 0.3 is 0 Å². The van der Waals surface area contributed by atoms with E-state index in [0.717, 1.165) is 48.9 Å². The Morgan fingerprint density at radius 2 is 2.19 bits per heavy atom. The molecule has 2 N–H and O–H groups in total. The van der Waals surface area contributed by atoms with E-state index < -0.39 is 0 Å². The maximum absolute atomic E-state index is 5.73. The van der Waals surface area contributed by atoms with Crippen LogP contribution in [0.3, 0.4) is 0 Å². The van der Waals surface area contributed by atoms with Crippen LogP contribution in [0.1, 0.15) is 24.0 Å². The standard InChI is InChI=1S/C19H28N4O2S/c1-4-18-22-16(14-26-18)9-10-21-19(20-2)23-15-7-5-8-17(13-15)25-12-6-11-24-3/h5,7-8,13-14H,4,6,9-12H2,1-3H3,(H2,20,21,23). The Morgan fingerprint density at radius 1 is 1.31 bits per heavy atom. The van der Waals surface area contributed by atoms with E-state index in [0.29, 0.717) is 13.2 Å². The van der Waals surface area contributed by atoms with Crippen LogP contribution in [0, 0.1) is 0 Å². The first-order valence-electron chi connectivity index (χ1n) is 8.88. The highest BCUT2D eigenvalue weighted by molar-refractivity contribution is 7.09. The summed E-state index contributed by atoms with van der Waals surface area (Å²) in [6.45, 7) is 4.24. The molecule has 0 aliphatic heterocycles. The van der Waals surface area contributed by atoms with Gasteiger partial charge in [0.15, 0.2) is 5.96 Å². The number of hydrogen-bond donors (Lipinski definition) is 2. The third-order valence-electron chi connectivity index (χ3n) is 3.66. The van der Waals surface area contributed by atoms with Crippen molar-refractivity contribution in [3.63, 3.8) is 0 Å². The van der Waals surface area contributed by atoms with Crippen LogP contribution < -0.4 is 15.4 Å². The zero-order chi connectivity index (χ0) is 18.6. The van der Waals surface area contributed by atoms with Crippen molar-refractivity contribution in [3.8, 4) is 5.75 Å². The van der Waals surface area contributed by atoms with Gasteiger partial charge in [-0.05, 0) is 18.6 Å². The topological polar surface area (TPSA) is 67.8 Å². The van der Waals surface area contributed by atoms with Gasteiger partial charge in [-0.2, -0.15) is 0 Å². The van der Waals surface area contributed by atoms with E-state index in [1.807, 2.05) is 24.3 Å². The van der Waals surface area contributed by atoms with E-state index in [1.54, 1.807) is 25.5 Å². The summed E-state index contributed by atoms with van der Waals surface area (Å²) in [4.78, 5) is 8.85. The Balaban J connectivity index is 1.79. The van der Waals surface area contributed by atoms with E-state index in [2.05, 4.69) is 32.9 Å². The number of aryl methyl sites for hydroxylation is 1. The molecule has 0 fully saturated rings. The number of benzene rings is 1. The fraction of sp³-hybridized carbons (Fsp3) is 0.474. The molecule has 0 bridgehead atoms. The first-order valence-corrected chi connectivity index (χ1v) is 9.76. The minimum Gasteiger partial charge on any atom is -0.493 e. The average molecular weight is 377 g/mol. The first-order chi connectivity index (χ1) is 12.7. The monoisotopic (exact) mass is 376 g/mol. The molecule has 7 heteroatoms. The molecule has 1 aromatic heterocycles. The molecule has 0 unspecified atom stereocenters. The van der Waals surface area contributed by atoms with Gasteiger partial charge in [0.1, 0.15) is 5.75 Å². The second kappa shape index (κ2) is 11.5. The summed E-state index contributed by atoms with van der Waals surface area (Å²) in [5, 5.41) is 9.92.